The van der Waals surface area contributed by atoms with Gasteiger partial charge in [-0.1, -0.05) is 62.4 Å². The number of amides is 1. The highest BCUT2D eigenvalue weighted by atomic mass is 32.2. The van der Waals surface area contributed by atoms with Crippen molar-refractivity contribution in [1.82, 2.24) is 9.55 Å². The molecule has 0 bridgehead atoms. The molecule has 4 aromatic rings. The number of carbonyl (C=O) groups excluding carboxylic acids is 1. The maximum Gasteiger partial charge on any atom is 0.255 e. The number of rotatable bonds is 9. The van der Waals surface area contributed by atoms with Crippen LogP contribution in [0.25, 0.3) is 11.4 Å². The van der Waals surface area contributed by atoms with E-state index in [1.807, 2.05) is 70.3 Å². The molecule has 12 heteroatoms. The Labute approximate surface area is 264 Å². The van der Waals surface area contributed by atoms with Gasteiger partial charge in [0, 0.05) is 17.7 Å². The molecule has 1 amide bonds. The first kappa shape index (κ1) is 31.7. The van der Waals surface area contributed by atoms with E-state index in [2.05, 4.69) is 31.9 Å². The fraction of sp³-hybridized carbons (Fsp3) is 0.333. The van der Waals surface area contributed by atoms with Gasteiger partial charge >= 0.3 is 0 Å². The van der Waals surface area contributed by atoms with Gasteiger partial charge in [0.25, 0.3) is 5.91 Å². The lowest BCUT2D eigenvalue weighted by molar-refractivity contribution is 0.102. The summed E-state index contributed by atoms with van der Waals surface area (Å²) in [6, 6.07) is 18.8. The number of sulfonamides is 1. The SMILES string of the molecule is CCn1c(C2CN(c3cc(C(=O)Nc4cc(C(C)(C)C)cc(NS(C)(=O)=O)c4OC)ccc3C)N=N2)cnc1-c1ccccc1. The molecule has 45 heavy (non-hydrogen) atoms. The highest BCUT2D eigenvalue weighted by Gasteiger charge is 2.28. The van der Waals surface area contributed by atoms with Gasteiger partial charge in [-0.3, -0.25) is 9.52 Å². The van der Waals surface area contributed by atoms with Crippen molar-refractivity contribution in [1.29, 1.82) is 0 Å². The number of carbonyl (C=O) groups is 1. The molecule has 1 unspecified atom stereocenters. The Hall–Kier alpha value is -4.71. The van der Waals surface area contributed by atoms with Gasteiger partial charge in [0.2, 0.25) is 10.0 Å². The van der Waals surface area contributed by atoms with E-state index in [1.165, 1.54) is 7.11 Å². The topological polar surface area (TPSA) is 130 Å². The summed E-state index contributed by atoms with van der Waals surface area (Å²) >= 11 is 0. The molecule has 1 atom stereocenters. The van der Waals surface area contributed by atoms with E-state index in [-0.39, 0.29) is 28.8 Å². The van der Waals surface area contributed by atoms with Crippen molar-refractivity contribution in [3.05, 3.63) is 89.2 Å². The van der Waals surface area contributed by atoms with Crippen molar-refractivity contribution in [3.8, 4) is 17.1 Å². The molecule has 0 spiro atoms. The third-order valence-corrected chi connectivity index (χ3v) is 8.26. The van der Waals surface area contributed by atoms with Crippen LogP contribution in [0.15, 0.2) is 77.2 Å². The molecule has 1 aliphatic heterocycles. The minimum Gasteiger partial charge on any atom is -0.492 e. The molecule has 2 heterocycles. The van der Waals surface area contributed by atoms with Crippen LogP contribution in [0.3, 0.4) is 0 Å². The molecule has 1 aliphatic rings. The number of nitrogens with one attached hydrogen (secondary N) is 2. The molecule has 0 saturated carbocycles. The molecule has 5 rings (SSSR count). The van der Waals surface area contributed by atoms with Crippen LogP contribution in [0.5, 0.6) is 5.75 Å². The summed E-state index contributed by atoms with van der Waals surface area (Å²) in [6.45, 7) is 11.3. The van der Waals surface area contributed by atoms with Gasteiger partial charge < -0.3 is 14.6 Å². The number of hydrogen-bond donors (Lipinski definition) is 2. The molecule has 3 aromatic carbocycles. The van der Waals surface area contributed by atoms with E-state index < -0.39 is 10.0 Å². The van der Waals surface area contributed by atoms with Crippen LogP contribution in [0, 0.1) is 6.92 Å². The number of aromatic nitrogens is 2. The van der Waals surface area contributed by atoms with Crippen molar-refractivity contribution in [2.24, 2.45) is 10.3 Å². The van der Waals surface area contributed by atoms with E-state index in [4.69, 9.17) is 9.72 Å². The van der Waals surface area contributed by atoms with E-state index in [1.54, 1.807) is 29.3 Å². The Morgan fingerprint density at radius 2 is 1.78 bits per heavy atom. The van der Waals surface area contributed by atoms with Crippen LogP contribution < -0.4 is 19.8 Å². The normalized spacial score (nSPS) is 14.9. The van der Waals surface area contributed by atoms with E-state index in [0.29, 0.717) is 17.8 Å². The Balaban J connectivity index is 1.41. The van der Waals surface area contributed by atoms with E-state index >= 15 is 0 Å². The van der Waals surface area contributed by atoms with Crippen molar-refractivity contribution in [2.75, 3.05) is 35.0 Å². The second kappa shape index (κ2) is 12.4. The predicted molar refractivity (Wildman–Crippen MR) is 178 cm³/mol. The number of anilines is 3. The Morgan fingerprint density at radius 1 is 1.07 bits per heavy atom. The van der Waals surface area contributed by atoms with Gasteiger partial charge in [0.15, 0.2) is 5.75 Å². The lowest BCUT2D eigenvalue weighted by Gasteiger charge is -2.24. The number of ether oxygens (including phenoxy) is 1. The monoisotopic (exact) mass is 629 g/mol. The van der Waals surface area contributed by atoms with Gasteiger partial charge in [0.05, 0.1) is 48.9 Å². The highest BCUT2D eigenvalue weighted by molar-refractivity contribution is 7.92. The number of hydrogen-bond acceptors (Lipinski definition) is 8. The van der Waals surface area contributed by atoms with Crippen molar-refractivity contribution < 1.29 is 17.9 Å². The van der Waals surface area contributed by atoms with Crippen LogP contribution >= 0.6 is 0 Å². The summed E-state index contributed by atoms with van der Waals surface area (Å²) in [5, 5.41) is 13.8. The molecule has 0 aliphatic carbocycles. The zero-order chi connectivity index (χ0) is 32.5. The molecule has 0 fully saturated rings. The van der Waals surface area contributed by atoms with Gasteiger partial charge in [-0.05, 0) is 54.7 Å². The number of methoxy groups -OCH3 is 1. The van der Waals surface area contributed by atoms with Crippen LogP contribution in [0.1, 0.15) is 60.9 Å². The summed E-state index contributed by atoms with van der Waals surface area (Å²) in [5.74, 6) is 0.723. The Morgan fingerprint density at radius 3 is 2.42 bits per heavy atom. The molecule has 2 N–H and O–H groups in total. The molecule has 0 saturated heterocycles. The summed E-state index contributed by atoms with van der Waals surface area (Å²) in [4.78, 5) is 18.3. The zero-order valence-corrected chi connectivity index (χ0v) is 27.4. The van der Waals surface area contributed by atoms with Gasteiger partial charge in [-0.25, -0.2) is 18.4 Å². The minimum absolute atomic E-state index is 0.215. The lowest BCUT2D eigenvalue weighted by atomic mass is 9.86. The summed E-state index contributed by atoms with van der Waals surface area (Å²) < 4.78 is 34.5. The second-order valence-electron chi connectivity index (χ2n) is 12.1. The molecular formula is C33H39N7O4S. The first-order valence-electron chi connectivity index (χ1n) is 14.7. The van der Waals surface area contributed by atoms with E-state index in [9.17, 15) is 13.2 Å². The number of benzene rings is 3. The third-order valence-electron chi connectivity index (χ3n) is 7.67. The quantitative estimate of drug-likeness (QED) is 0.211. The second-order valence-corrected chi connectivity index (χ2v) is 13.9. The van der Waals surface area contributed by atoms with Crippen molar-refractivity contribution in [3.63, 3.8) is 0 Å². The third kappa shape index (κ3) is 6.85. The maximum absolute atomic E-state index is 13.6. The molecule has 1 aromatic heterocycles. The fourth-order valence-corrected chi connectivity index (χ4v) is 5.89. The molecule has 11 nitrogen and oxygen atoms in total. The summed E-state index contributed by atoms with van der Waals surface area (Å²) in [5.41, 5.74) is 5.20. The Kier molecular flexibility index (Phi) is 8.70. The van der Waals surface area contributed by atoms with Gasteiger partial charge in [0.1, 0.15) is 11.9 Å². The minimum atomic E-state index is -3.60. The van der Waals surface area contributed by atoms with Crippen molar-refractivity contribution >= 4 is 33.0 Å². The molecular weight excluding hydrogens is 590 g/mol. The largest absolute Gasteiger partial charge is 0.492 e. The first-order chi connectivity index (χ1) is 21.3. The lowest BCUT2D eigenvalue weighted by Crippen LogP contribution is -2.20. The number of aryl methyl sites for hydroxylation is 1. The zero-order valence-electron chi connectivity index (χ0n) is 26.6. The van der Waals surface area contributed by atoms with Crippen LogP contribution in [0.2, 0.25) is 0 Å². The first-order valence-corrected chi connectivity index (χ1v) is 16.6. The number of imidazole rings is 1. The fourth-order valence-electron chi connectivity index (χ4n) is 5.34. The number of nitrogens with zero attached hydrogens (tertiary/aromatic N) is 5. The van der Waals surface area contributed by atoms with Crippen LogP contribution in [-0.2, 0) is 22.0 Å². The predicted octanol–water partition coefficient (Wildman–Crippen LogP) is 6.74. The summed E-state index contributed by atoms with van der Waals surface area (Å²) in [6.07, 6.45) is 2.93. The molecule has 0 radical (unpaired) electrons. The van der Waals surface area contributed by atoms with E-state index in [0.717, 1.165) is 46.7 Å². The van der Waals surface area contributed by atoms with Crippen LogP contribution in [0.4, 0.5) is 17.1 Å². The average Bonchev–Trinajstić information content (AvgIpc) is 3.64. The van der Waals surface area contributed by atoms with Crippen LogP contribution in [-0.4, -0.2) is 43.8 Å². The van der Waals surface area contributed by atoms with Gasteiger partial charge in [-0.2, -0.15) is 5.11 Å². The summed E-state index contributed by atoms with van der Waals surface area (Å²) in [7, 11) is -2.17. The van der Waals surface area contributed by atoms with Crippen molar-refractivity contribution in [2.45, 2.75) is 52.6 Å². The molecule has 236 valence electrons. The highest BCUT2D eigenvalue weighted by Crippen LogP contribution is 2.40. The maximum atomic E-state index is 13.6. The average molecular weight is 630 g/mol. The standard InChI is InChI=1S/C33H39N7O4S/c1-8-39-29(19-34-31(39)22-12-10-9-11-13-22)27-20-40(38-36-27)28-16-23(15-14-21(28)2)32(41)35-25-17-24(33(3,4)5)18-26(30(25)44-6)37-45(7,42)43/h9-19,27,37H,8,20H2,1-7H3,(H,35,41). The smallest absolute Gasteiger partial charge is 0.255 e. The Bertz CT molecular complexity index is 1860. The van der Waals surface area contributed by atoms with Gasteiger partial charge in [-0.15, -0.1) is 0 Å².